The lowest BCUT2D eigenvalue weighted by Gasteiger charge is -2.19. The number of benzene rings is 2. The number of aromatic amines is 1. The first-order chi connectivity index (χ1) is 13.6. The van der Waals surface area contributed by atoms with Crippen LogP contribution in [-0.2, 0) is 11.3 Å². The van der Waals surface area contributed by atoms with Gasteiger partial charge in [-0.2, -0.15) is 0 Å². The maximum atomic E-state index is 12.6. The number of hydrogen-bond donors (Lipinski definition) is 2. The van der Waals surface area contributed by atoms with E-state index < -0.39 is 11.2 Å². The van der Waals surface area contributed by atoms with Crippen molar-refractivity contribution < 1.29 is 9.53 Å². The molecule has 4 rings (SSSR count). The average molecular weight is 379 g/mol. The third kappa shape index (κ3) is 3.55. The van der Waals surface area contributed by atoms with Crippen LogP contribution in [0.3, 0.4) is 0 Å². The predicted molar refractivity (Wildman–Crippen MR) is 105 cm³/mol. The molecule has 7 heteroatoms. The molecule has 2 N–H and O–H groups in total. The number of carbonyl (C=O) groups excluding carboxylic acids is 1. The number of H-pyrrole nitrogens is 1. The van der Waals surface area contributed by atoms with Crippen LogP contribution in [-0.4, -0.2) is 22.6 Å². The van der Waals surface area contributed by atoms with Gasteiger partial charge in [0, 0.05) is 0 Å². The van der Waals surface area contributed by atoms with Gasteiger partial charge in [-0.05, 0) is 48.6 Å². The molecule has 1 aliphatic carbocycles. The summed E-state index contributed by atoms with van der Waals surface area (Å²) in [5.74, 6) is 0.749. The molecule has 1 aliphatic rings. The first-order valence-corrected chi connectivity index (χ1v) is 9.22. The van der Waals surface area contributed by atoms with Crippen molar-refractivity contribution in [3.8, 4) is 5.75 Å². The molecular weight excluding hydrogens is 358 g/mol. The van der Waals surface area contributed by atoms with Crippen molar-refractivity contribution in [3.63, 3.8) is 0 Å². The smallest absolute Gasteiger partial charge is 0.329 e. The Kier molecular flexibility index (Phi) is 4.73. The number of para-hydroxylation sites is 1. The fraction of sp³-hybridized carbons (Fsp3) is 0.286. The molecule has 1 heterocycles. The molecule has 0 spiro atoms. The van der Waals surface area contributed by atoms with Crippen LogP contribution in [0.5, 0.6) is 5.75 Å². The molecule has 0 aliphatic heterocycles. The highest BCUT2D eigenvalue weighted by molar-refractivity contribution is 5.79. The van der Waals surface area contributed by atoms with Crippen LogP contribution in [0.4, 0.5) is 0 Å². The van der Waals surface area contributed by atoms with E-state index in [4.69, 9.17) is 4.74 Å². The molecule has 1 atom stereocenters. The standard InChI is InChI=1S/C21H21N3O4/c1-28-15-10-8-14(9-11-15)19(13-6-7-13)23-18(25)12-24-20(26)16-4-2-3-5-17(16)22-21(24)27/h2-5,8-11,13,19H,6-7,12H2,1H3,(H,22,27)(H,23,25). The quantitative estimate of drug-likeness (QED) is 0.685. The molecule has 1 unspecified atom stereocenters. The van der Waals surface area contributed by atoms with Gasteiger partial charge in [0.2, 0.25) is 5.91 Å². The molecule has 1 aromatic heterocycles. The van der Waals surface area contributed by atoms with Gasteiger partial charge in [-0.1, -0.05) is 24.3 Å². The minimum atomic E-state index is -0.591. The number of nitrogens with one attached hydrogen (secondary N) is 2. The van der Waals surface area contributed by atoms with Gasteiger partial charge in [-0.15, -0.1) is 0 Å². The van der Waals surface area contributed by atoms with Crippen molar-refractivity contribution in [2.75, 3.05) is 7.11 Å². The molecule has 3 aromatic rings. The van der Waals surface area contributed by atoms with E-state index in [1.165, 1.54) is 0 Å². The summed E-state index contributed by atoms with van der Waals surface area (Å²) in [6.45, 7) is -0.321. The molecule has 144 valence electrons. The zero-order valence-corrected chi connectivity index (χ0v) is 15.5. The molecule has 1 saturated carbocycles. The second-order valence-electron chi connectivity index (χ2n) is 7.02. The predicted octanol–water partition coefficient (Wildman–Crippen LogP) is 1.97. The van der Waals surface area contributed by atoms with Gasteiger partial charge >= 0.3 is 5.69 Å². The third-order valence-electron chi connectivity index (χ3n) is 5.08. The van der Waals surface area contributed by atoms with Crippen molar-refractivity contribution in [1.82, 2.24) is 14.9 Å². The Balaban J connectivity index is 1.57. The van der Waals surface area contributed by atoms with Crippen LogP contribution in [0.1, 0.15) is 24.4 Å². The van der Waals surface area contributed by atoms with Crippen LogP contribution in [0.2, 0.25) is 0 Å². The van der Waals surface area contributed by atoms with Crippen molar-refractivity contribution in [3.05, 3.63) is 74.9 Å². The van der Waals surface area contributed by atoms with Crippen LogP contribution in [0.25, 0.3) is 10.9 Å². The second-order valence-corrected chi connectivity index (χ2v) is 7.02. The van der Waals surface area contributed by atoms with Crippen LogP contribution < -0.4 is 21.3 Å². The van der Waals surface area contributed by atoms with E-state index in [-0.39, 0.29) is 18.5 Å². The lowest BCUT2D eigenvalue weighted by atomic mass is 10.0. The number of hydrogen-bond acceptors (Lipinski definition) is 4. The number of rotatable bonds is 6. The summed E-state index contributed by atoms with van der Waals surface area (Å²) in [5, 5.41) is 3.37. The van der Waals surface area contributed by atoms with Gasteiger partial charge in [0.1, 0.15) is 12.3 Å². The van der Waals surface area contributed by atoms with Gasteiger partial charge in [0.05, 0.1) is 24.1 Å². The summed E-state index contributed by atoms with van der Waals surface area (Å²) in [4.78, 5) is 40.2. The van der Waals surface area contributed by atoms with E-state index in [9.17, 15) is 14.4 Å². The molecule has 2 aromatic carbocycles. The molecular formula is C21H21N3O4. The lowest BCUT2D eigenvalue weighted by Crippen LogP contribution is -2.41. The van der Waals surface area contributed by atoms with E-state index in [1.807, 2.05) is 24.3 Å². The molecule has 7 nitrogen and oxygen atoms in total. The number of aromatic nitrogens is 2. The van der Waals surface area contributed by atoms with Crippen molar-refractivity contribution in [2.45, 2.75) is 25.4 Å². The summed E-state index contributed by atoms with van der Waals surface area (Å²) in [7, 11) is 1.61. The Morgan fingerprint density at radius 1 is 1.18 bits per heavy atom. The summed E-state index contributed by atoms with van der Waals surface area (Å²) in [6, 6.07) is 14.2. The first kappa shape index (κ1) is 18.0. The number of carbonyl (C=O) groups is 1. The summed E-state index contributed by atoms with van der Waals surface area (Å²) in [6.07, 6.45) is 2.07. The maximum absolute atomic E-state index is 12.6. The van der Waals surface area contributed by atoms with E-state index in [0.29, 0.717) is 16.8 Å². The van der Waals surface area contributed by atoms with Gasteiger partial charge in [-0.25, -0.2) is 4.79 Å². The highest BCUT2D eigenvalue weighted by atomic mass is 16.5. The van der Waals surface area contributed by atoms with E-state index >= 15 is 0 Å². The fourth-order valence-corrected chi connectivity index (χ4v) is 3.42. The first-order valence-electron chi connectivity index (χ1n) is 9.22. The van der Waals surface area contributed by atoms with Gasteiger partial charge < -0.3 is 15.0 Å². The maximum Gasteiger partial charge on any atom is 0.329 e. The average Bonchev–Trinajstić information content (AvgIpc) is 3.55. The van der Waals surface area contributed by atoms with Gasteiger partial charge in [0.15, 0.2) is 0 Å². The second kappa shape index (κ2) is 7.34. The van der Waals surface area contributed by atoms with E-state index in [0.717, 1.165) is 28.7 Å². The Hall–Kier alpha value is -3.35. The Bertz CT molecular complexity index is 1130. The fourth-order valence-electron chi connectivity index (χ4n) is 3.42. The summed E-state index contributed by atoms with van der Waals surface area (Å²) < 4.78 is 6.12. The monoisotopic (exact) mass is 379 g/mol. The van der Waals surface area contributed by atoms with E-state index in [1.54, 1.807) is 31.4 Å². The zero-order chi connectivity index (χ0) is 19.7. The lowest BCUT2D eigenvalue weighted by molar-refractivity contribution is -0.122. The SMILES string of the molecule is COc1ccc(C(NC(=O)Cn2c(=O)[nH]c3ccccc3c2=O)C2CC2)cc1. The topological polar surface area (TPSA) is 93.2 Å². The summed E-state index contributed by atoms with van der Waals surface area (Å²) >= 11 is 0. The molecule has 0 saturated heterocycles. The zero-order valence-electron chi connectivity index (χ0n) is 15.5. The van der Waals surface area contributed by atoms with Gasteiger partial charge in [-0.3, -0.25) is 14.2 Å². The number of methoxy groups -OCH3 is 1. The largest absolute Gasteiger partial charge is 0.497 e. The number of fused-ring (bicyclic) bond motifs is 1. The van der Waals surface area contributed by atoms with Crippen LogP contribution in [0, 0.1) is 5.92 Å². The highest BCUT2D eigenvalue weighted by Gasteiger charge is 2.33. The summed E-state index contributed by atoms with van der Waals surface area (Å²) in [5.41, 5.74) is 0.382. The molecule has 28 heavy (non-hydrogen) atoms. The van der Waals surface area contributed by atoms with Crippen molar-refractivity contribution in [2.24, 2.45) is 5.92 Å². The van der Waals surface area contributed by atoms with Crippen LogP contribution >= 0.6 is 0 Å². The highest BCUT2D eigenvalue weighted by Crippen LogP contribution is 2.41. The molecule has 0 radical (unpaired) electrons. The van der Waals surface area contributed by atoms with Crippen molar-refractivity contribution in [1.29, 1.82) is 0 Å². The van der Waals surface area contributed by atoms with Gasteiger partial charge in [0.25, 0.3) is 5.56 Å². The van der Waals surface area contributed by atoms with Crippen LogP contribution in [0.15, 0.2) is 58.1 Å². The molecule has 1 fully saturated rings. The Morgan fingerprint density at radius 2 is 1.89 bits per heavy atom. The van der Waals surface area contributed by atoms with E-state index in [2.05, 4.69) is 10.3 Å². The molecule has 1 amide bonds. The minimum Gasteiger partial charge on any atom is -0.497 e. The molecule has 0 bridgehead atoms. The Labute approximate surface area is 161 Å². The number of nitrogens with zero attached hydrogens (tertiary/aromatic N) is 1. The normalized spacial score (nSPS) is 14.6. The third-order valence-corrected chi connectivity index (χ3v) is 5.08. The van der Waals surface area contributed by atoms with Crippen molar-refractivity contribution >= 4 is 16.8 Å². The number of ether oxygens (including phenoxy) is 1. The minimum absolute atomic E-state index is 0.145. The Morgan fingerprint density at radius 3 is 2.57 bits per heavy atom. The number of amides is 1.